The molecule has 0 aliphatic heterocycles. The average Bonchev–Trinajstić information content (AvgIpc) is 2.79. The van der Waals surface area contributed by atoms with Crippen LogP contribution < -0.4 is 5.32 Å². The first-order chi connectivity index (χ1) is 9.13. The molecule has 0 heterocycles. The van der Waals surface area contributed by atoms with E-state index in [4.69, 9.17) is 4.74 Å². The van der Waals surface area contributed by atoms with Crippen LogP contribution in [0.4, 0.5) is 4.79 Å². The summed E-state index contributed by atoms with van der Waals surface area (Å²) < 4.78 is 5.11. The van der Waals surface area contributed by atoms with E-state index in [9.17, 15) is 15.0 Å². The molecule has 19 heavy (non-hydrogen) atoms. The van der Waals surface area contributed by atoms with Gasteiger partial charge in [0.15, 0.2) is 0 Å². The van der Waals surface area contributed by atoms with Crippen molar-refractivity contribution in [3.8, 4) is 0 Å². The molecule has 2 rings (SSSR count). The molecule has 1 aliphatic carbocycles. The second-order valence-corrected chi connectivity index (χ2v) is 5.02. The van der Waals surface area contributed by atoms with Gasteiger partial charge < -0.3 is 20.3 Å². The molecule has 104 valence electrons. The van der Waals surface area contributed by atoms with Crippen LogP contribution in [0.1, 0.15) is 24.8 Å². The number of amides is 1. The first-order valence-corrected chi connectivity index (χ1v) is 6.41. The number of aliphatic hydroxyl groups is 2. The molecule has 0 bridgehead atoms. The summed E-state index contributed by atoms with van der Waals surface area (Å²) >= 11 is 0. The van der Waals surface area contributed by atoms with E-state index in [0.29, 0.717) is 19.3 Å². The van der Waals surface area contributed by atoms with Gasteiger partial charge in [-0.25, -0.2) is 4.79 Å². The van der Waals surface area contributed by atoms with Crippen molar-refractivity contribution in [2.75, 3.05) is 6.61 Å². The number of benzene rings is 1. The summed E-state index contributed by atoms with van der Waals surface area (Å²) in [7, 11) is 0. The number of rotatable bonds is 4. The second kappa shape index (κ2) is 6.04. The zero-order valence-electron chi connectivity index (χ0n) is 10.7. The standard InChI is InChI=1S/C14H19NO4/c16-10-14(7-6-12(17)8-14)15-13(18)19-9-11-4-2-1-3-5-11/h1-5,12,16-17H,6-10H2,(H,15,18). The van der Waals surface area contributed by atoms with Crippen LogP contribution in [0.25, 0.3) is 0 Å². The van der Waals surface area contributed by atoms with Crippen LogP contribution in [0.3, 0.4) is 0 Å². The molecule has 1 amide bonds. The zero-order valence-corrected chi connectivity index (χ0v) is 10.7. The summed E-state index contributed by atoms with van der Waals surface area (Å²) in [5, 5.41) is 21.6. The molecular weight excluding hydrogens is 246 g/mol. The van der Waals surface area contributed by atoms with Crippen LogP contribution in [0.2, 0.25) is 0 Å². The number of ether oxygens (including phenoxy) is 1. The Morgan fingerprint density at radius 2 is 2.16 bits per heavy atom. The lowest BCUT2D eigenvalue weighted by molar-refractivity contribution is 0.0987. The van der Waals surface area contributed by atoms with Gasteiger partial charge in [-0.3, -0.25) is 0 Å². The smallest absolute Gasteiger partial charge is 0.407 e. The van der Waals surface area contributed by atoms with E-state index >= 15 is 0 Å². The fourth-order valence-electron chi connectivity index (χ4n) is 2.37. The fraction of sp³-hybridized carbons (Fsp3) is 0.500. The zero-order chi connectivity index (χ0) is 13.7. The predicted molar refractivity (Wildman–Crippen MR) is 69.4 cm³/mol. The van der Waals surface area contributed by atoms with Crippen molar-refractivity contribution in [1.82, 2.24) is 5.32 Å². The SMILES string of the molecule is O=C(NC1(CO)CCC(O)C1)OCc1ccccc1. The van der Waals surface area contributed by atoms with Gasteiger partial charge in [-0.2, -0.15) is 0 Å². The topological polar surface area (TPSA) is 78.8 Å². The van der Waals surface area contributed by atoms with Gasteiger partial charge in [0.2, 0.25) is 0 Å². The van der Waals surface area contributed by atoms with Crippen LogP contribution in [0, 0.1) is 0 Å². The van der Waals surface area contributed by atoms with Crippen molar-refractivity contribution in [3.05, 3.63) is 35.9 Å². The summed E-state index contributed by atoms with van der Waals surface area (Å²) in [6, 6.07) is 9.38. The van der Waals surface area contributed by atoms with Crippen molar-refractivity contribution >= 4 is 6.09 Å². The minimum atomic E-state index is -0.743. The lowest BCUT2D eigenvalue weighted by atomic mass is 9.99. The Kier molecular flexibility index (Phi) is 4.39. The second-order valence-electron chi connectivity index (χ2n) is 5.02. The molecule has 0 aromatic heterocycles. The van der Waals surface area contributed by atoms with E-state index in [1.807, 2.05) is 30.3 Å². The Morgan fingerprint density at radius 1 is 1.42 bits per heavy atom. The highest BCUT2D eigenvalue weighted by atomic mass is 16.5. The Labute approximate surface area is 112 Å². The third kappa shape index (κ3) is 3.68. The molecule has 0 saturated heterocycles. The van der Waals surface area contributed by atoms with Crippen LogP contribution in [-0.4, -0.2) is 34.6 Å². The lowest BCUT2D eigenvalue weighted by Crippen LogP contribution is -2.49. The molecule has 1 aliphatic rings. The van der Waals surface area contributed by atoms with Gasteiger partial charge in [0, 0.05) is 0 Å². The lowest BCUT2D eigenvalue weighted by Gasteiger charge is -2.27. The number of carbonyl (C=O) groups is 1. The highest BCUT2D eigenvalue weighted by molar-refractivity contribution is 5.68. The van der Waals surface area contributed by atoms with E-state index in [0.717, 1.165) is 5.56 Å². The molecule has 0 radical (unpaired) electrons. The van der Waals surface area contributed by atoms with Crippen molar-refractivity contribution in [1.29, 1.82) is 0 Å². The van der Waals surface area contributed by atoms with Gasteiger partial charge in [-0.15, -0.1) is 0 Å². The summed E-state index contributed by atoms with van der Waals surface area (Å²) in [6.07, 6.45) is 0.475. The van der Waals surface area contributed by atoms with Gasteiger partial charge in [0.1, 0.15) is 6.61 Å². The maximum Gasteiger partial charge on any atom is 0.407 e. The monoisotopic (exact) mass is 265 g/mol. The van der Waals surface area contributed by atoms with E-state index in [2.05, 4.69) is 5.32 Å². The van der Waals surface area contributed by atoms with Gasteiger partial charge in [-0.1, -0.05) is 30.3 Å². The molecule has 1 saturated carbocycles. The number of alkyl carbamates (subject to hydrolysis) is 1. The summed E-state index contributed by atoms with van der Waals surface area (Å²) in [5.74, 6) is 0. The van der Waals surface area contributed by atoms with Gasteiger partial charge in [-0.05, 0) is 24.8 Å². The maximum absolute atomic E-state index is 11.7. The quantitative estimate of drug-likeness (QED) is 0.764. The Hall–Kier alpha value is -1.59. The molecule has 1 aromatic rings. The van der Waals surface area contributed by atoms with Gasteiger partial charge in [0.25, 0.3) is 0 Å². The Morgan fingerprint density at radius 3 is 2.74 bits per heavy atom. The third-order valence-electron chi connectivity index (χ3n) is 3.47. The van der Waals surface area contributed by atoms with E-state index in [-0.39, 0.29) is 13.2 Å². The number of nitrogens with one attached hydrogen (secondary N) is 1. The van der Waals surface area contributed by atoms with Crippen molar-refractivity contribution in [3.63, 3.8) is 0 Å². The van der Waals surface area contributed by atoms with Crippen molar-refractivity contribution in [2.45, 2.75) is 37.5 Å². The van der Waals surface area contributed by atoms with Gasteiger partial charge in [0.05, 0.1) is 18.2 Å². The molecule has 0 spiro atoms. The summed E-state index contributed by atoms with van der Waals surface area (Å²) in [6.45, 7) is 0.00122. The van der Waals surface area contributed by atoms with E-state index in [1.165, 1.54) is 0 Å². The molecule has 2 atom stereocenters. The fourth-order valence-corrected chi connectivity index (χ4v) is 2.37. The summed E-state index contributed by atoms with van der Waals surface area (Å²) in [4.78, 5) is 11.7. The molecule has 1 fully saturated rings. The van der Waals surface area contributed by atoms with Gasteiger partial charge >= 0.3 is 6.09 Å². The maximum atomic E-state index is 11.7. The summed E-state index contributed by atoms with van der Waals surface area (Å²) in [5.41, 5.74) is 0.162. The Balaban J connectivity index is 1.84. The average molecular weight is 265 g/mol. The van der Waals surface area contributed by atoms with Crippen LogP contribution in [-0.2, 0) is 11.3 Å². The molecule has 5 nitrogen and oxygen atoms in total. The molecular formula is C14H19NO4. The Bertz CT molecular complexity index is 423. The predicted octanol–water partition coefficient (Wildman–Crippen LogP) is 1.19. The van der Waals surface area contributed by atoms with Crippen LogP contribution >= 0.6 is 0 Å². The van der Waals surface area contributed by atoms with Crippen LogP contribution in [0.15, 0.2) is 30.3 Å². The van der Waals surface area contributed by atoms with Crippen molar-refractivity contribution in [2.24, 2.45) is 0 Å². The first kappa shape index (κ1) is 13.8. The highest BCUT2D eigenvalue weighted by Gasteiger charge is 2.39. The number of aliphatic hydroxyl groups excluding tert-OH is 2. The number of carbonyl (C=O) groups excluding carboxylic acids is 1. The highest BCUT2D eigenvalue weighted by Crippen LogP contribution is 2.29. The number of hydrogen-bond acceptors (Lipinski definition) is 4. The molecule has 1 aromatic carbocycles. The molecule has 2 unspecified atom stereocenters. The third-order valence-corrected chi connectivity index (χ3v) is 3.47. The number of hydrogen-bond donors (Lipinski definition) is 3. The van der Waals surface area contributed by atoms with Crippen molar-refractivity contribution < 1.29 is 19.7 Å². The molecule has 5 heteroatoms. The van der Waals surface area contributed by atoms with E-state index < -0.39 is 17.7 Å². The normalized spacial score (nSPS) is 26.1. The minimum Gasteiger partial charge on any atom is -0.445 e. The first-order valence-electron chi connectivity index (χ1n) is 6.41. The largest absolute Gasteiger partial charge is 0.445 e. The van der Waals surface area contributed by atoms with Crippen LogP contribution in [0.5, 0.6) is 0 Å². The van der Waals surface area contributed by atoms with E-state index in [1.54, 1.807) is 0 Å². The molecule has 3 N–H and O–H groups in total. The minimum absolute atomic E-state index is 0.190.